The van der Waals surface area contributed by atoms with Crippen molar-refractivity contribution in [2.24, 2.45) is 5.73 Å². The standard InChI is InChI=1S/C15H22N2O2/c1-18-13-3-2-12-4-5-15(19-14(12)10-13)6-8-17(11-15)9-7-16/h2-3,10H,4-9,11,16H2,1H3. The van der Waals surface area contributed by atoms with Crippen molar-refractivity contribution in [3.63, 3.8) is 0 Å². The third-order valence-electron chi connectivity index (χ3n) is 4.29. The Labute approximate surface area is 114 Å². The molecule has 1 atom stereocenters. The highest BCUT2D eigenvalue weighted by molar-refractivity contribution is 5.42. The Morgan fingerprint density at radius 3 is 3.11 bits per heavy atom. The molecule has 19 heavy (non-hydrogen) atoms. The average Bonchev–Trinajstić information content (AvgIpc) is 2.81. The molecule has 1 unspecified atom stereocenters. The molecule has 1 saturated heterocycles. The number of rotatable bonds is 3. The minimum atomic E-state index is -0.00542. The number of benzene rings is 1. The van der Waals surface area contributed by atoms with E-state index < -0.39 is 0 Å². The fourth-order valence-electron chi connectivity index (χ4n) is 3.20. The topological polar surface area (TPSA) is 47.7 Å². The molecule has 4 heteroatoms. The highest BCUT2D eigenvalue weighted by Crippen LogP contribution is 2.40. The predicted molar refractivity (Wildman–Crippen MR) is 74.8 cm³/mol. The zero-order chi connectivity index (χ0) is 13.3. The maximum absolute atomic E-state index is 6.34. The Morgan fingerprint density at radius 1 is 1.42 bits per heavy atom. The predicted octanol–water partition coefficient (Wildman–Crippen LogP) is 1.42. The van der Waals surface area contributed by atoms with E-state index in [1.807, 2.05) is 12.1 Å². The molecule has 0 amide bonds. The smallest absolute Gasteiger partial charge is 0.127 e. The van der Waals surface area contributed by atoms with Crippen LogP contribution in [0.15, 0.2) is 18.2 Å². The lowest BCUT2D eigenvalue weighted by molar-refractivity contribution is 0.0546. The van der Waals surface area contributed by atoms with Crippen LogP contribution in [0.5, 0.6) is 11.5 Å². The summed E-state index contributed by atoms with van der Waals surface area (Å²) in [6.07, 6.45) is 3.30. The molecule has 2 heterocycles. The summed E-state index contributed by atoms with van der Waals surface area (Å²) in [4.78, 5) is 2.41. The number of ether oxygens (including phenoxy) is 2. The first-order chi connectivity index (χ1) is 9.24. The molecule has 0 radical (unpaired) electrons. The van der Waals surface area contributed by atoms with Gasteiger partial charge in [0.15, 0.2) is 0 Å². The highest BCUT2D eigenvalue weighted by atomic mass is 16.5. The van der Waals surface area contributed by atoms with Crippen LogP contribution in [0.4, 0.5) is 0 Å². The number of fused-ring (bicyclic) bond motifs is 1. The van der Waals surface area contributed by atoms with E-state index in [2.05, 4.69) is 11.0 Å². The van der Waals surface area contributed by atoms with E-state index in [1.54, 1.807) is 7.11 Å². The van der Waals surface area contributed by atoms with E-state index in [1.165, 1.54) is 5.56 Å². The summed E-state index contributed by atoms with van der Waals surface area (Å²) in [7, 11) is 1.69. The number of methoxy groups -OCH3 is 1. The van der Waals surface area contributed by atoms with E-state index in [-0.39, 0.29) is 5.60 Å². The molecule has 2 N–H and O–H groups in total. The molecule has 1 aromatic rings. The van der Waals surface area contributed by atoms with Gasteiger partial charge in [-0.2, -0.15) is 0 Å². The van der Waals surface area contributed by atoms with Gasteiger partial charge in [0, 0.05) is 38.7 Å². The number of aryl methyl sites for hydroxylation is 1. The van der Waals surface area contributed by atoms with Gasteiger partial charge in [-0.05, 0) is 24.5 Å². The van der Waals surface area contributed by atoms with Crippen LogP contribution in [0.2, 0.25) is 0 Å². The summed E-state index contributed by atoms with van der Waals surface area (Å²) >= 11 is 0. The molecule has 0 aromatic heterocycles. The van der Waals surface area contributed by atoms with E-state index in [0.29, 0.717) is 0 Å². The second-order valence-electron chi connectivity index (χ2n) is 5.57. The van der Waals surface area contributed by atoms with Gasteiger partial charge in [-0.15, -0.1) is 0 Å². The largest absolute Gasteiger partial charge is 0.497 e. The van der Waals surface area contributed by atoms with Crippen molar-refractivity contribution in [1.29, 1.82) is 0 Å². The Morgan fingerprint density at radius 2 is 2.32 bits per heavy atom. The van der Waals surface area contributed by atoms with Crippen molar-refractivity contribution < 1.29 is 9.47 Å². The average molecular weight is 262 g/mol. The lowest BCUT2D eigenvalue weighted by atomic mass is 9.90. The first-order valence-electron chi connectivity index (χ1n) is 7.03. The Hall–Kier alpha value is -1.26. The molecule has 1 fully saturated rings. The van der Waals surface area contributed by atoms with Gasteiger partial charge in [0.1, 0.15) is 17.1 Å². The Balaban J connectivity index is 1.78. The maximum Gasteiger partial charge on any atom is 0.127 e. The number of hydrogen-bond donors (Lipinski definition) is 1. The minimum absolute atomic E-state index is 0.00542. The second kappa shape index (κ2) is 5.02. The molecule has 2 aliphatic rings. The Kier molecular flexibility index (Phi) is 3.37. The summed E-state index contributed by atoms with van der Waals surface area (Å²) in [5, 5.41) is 0. The number of nitrogens with two attached hydrogens (primary N) is 1. The summed E-state index contributed by atoms with van der Waals surface area (Å²) in [6, 6.07) is 6.14. The zero-order valence-electron chi connectivity index (χ0n) is 11.5. The van der Waals surface area contributed by atoms with Crippen molar-refractivity contribution in [1.82, 2.24) is 4.90 Å². The molecule has 3 rings (SSSR count). The van der Waals surface area contributed by atoms with Gasteiger partial charge >= 0.3 is 0 Å². The monoisotopic (exact) mass is 262 g/mol. The van der Waals surface area contributed by atoms with Crippen LogP contribution in [0.25, 0.3) is 0 Å². The molecule has 0 bridgehead atoms. The Bertz CT molecular complexity index is 463. The summed E-state index contributed by atoms with van der Waals surface area (Å²) in [5.74, 6) is 1.87. The van der Waals surface area contributed by atoms with Gasteiger partial charge in [0.05, 0.1) is 7.11 Å². The SMILES string of the molecule is COc1ccc2c(c1)OC1(CC2)CCN(CCN)C1. The number of hydrogen-bond acceptors (Lipinski definition) is 4. The molecule has 4 nitrogen and oxygen atoms in total. The van der Waals surface area contributed by atoms with Crippen molar-refractivity contribution in [2.75, 3.05) is 33.3 Å². The lowest BCUT2D eigenvalue weighted by Crippen LogP contribution is -2.42. The van der Waals surface area contributed by atoms with Crippen LogP contribution in [-0.4, -0.2) is 43.8 Å². The van der Waals surface area contributed by atoms with E-state index in [4.69, 9.17) is 15.2 Å². The number of likely N-dealkylation sites (tertiary alicyclic amines) is 1. The van der Waals surface area contributed by atoms with Gasteiger partial charge in [-0.3, -0.25) is 4.90 Å². The van der Waals surface area contributed by atoms with Crippen LogP contribution in [0, 0.1) is 0 Å². The fraction of sp³-hybridized carbons (Fsp3) is 0.600. The molecule has 2 aliphatic heterocycles. The van der Waals surface area contributed by atoms with Gasteiger partial charge in [0.25, 0.3) is 0 Å². The van der Waals surface area contributed by atoms with E-state index in [9.17, 15) is 0 Å². The van der Waals surface area contributed by atoms with Crippen molar-refractivity contribution in [2.45, 2.75) is 24.9 Å². The first-order valence-corrected chi connectivity index (χ1v) is 7.03. The summed E-state index contributed by atoms with van der Waals surface area (Å²) in [5.41, 5.74) is 6.93. The van der Waals surface area contributed by atoms with Crippen LogP contribution < -0.4 is 15.2 Å². The van der Waals surface area contributed by atoms with Crippen molar-refractivity contribution in [3.05, 3.63) is 23.8 Å². The van der Waals surface area contributed by atoms with Gasteiger partial charge in [-0.25, -0.2) is 0 Å². The van der Waals surface area contributed by atoms with Gasteiger partial charge < -0.3 is 15.2 Å². The van der Waals surface area contributed by atoms with Crippen molar-refractivity contribution in [3.8, 4) is 11.5 Å². The lowest BCUT2D eigenvalue weighted by Gasteiger charge is -2.36. The van der Waals surface area contributed by atoms with Crippen LogP contribution in [0.1, 0.15) is 18.4 Å². The molecule has 0 saturated carbocycles. The fourth-order valence-corrected chi connectivity index (χ4v) is 3.20. The minimum Gasteiger partial charge on any atom is -0.497 e. The maximum atomic E-state index is 6.34. The summed E-state index contributed by atoms with van der Waals surface area (Å²) < 4.78 is 11.6. The second-order valence-corrected chi connectivity index (χ2v) is 5.57. The first kappa shape index (κ1) is 12.8. The zero-order valence-corrected chi connectivity index (χ0v) is 11.5. The van der Waals surface area contributed by atoms with Gasteiger partial charge in [-0.1, -0.05) is 6.07 Å². The van der Waals surface area contributed by atoms with Crippen LogP contribution >= 0.6 is 0 Å². The molecule has 1 aromatic carbocycles. The molecular weight excluding hydrogens is 240 g/mol. The summed E-state index contributed by atoms with van der Waals surface area (Å²) in [6.45, 7) is 3.79. The quantitative estimate of drug-likeness (QED) is 0.895. The molecule has 1 spiro atoms. The number of nitrogens with zero attached hydrogens (tertiary/aromatic N) is 1. The van der Waals surface area contributed by atoms with E-state index in [0.717, 1.165) is 56.9 Å². The van der Waals surface area contributed by atoms with Gasteiger partial charge in [0.2, 0.25) is 0 Å². The van der Waals surface area contributed by atoms with Crippen molar-refractivity contribution >= 4 is 0 Å². The van der Waals surface area contributed by atoms with E-state index >= 15 is 0 Å². The highest BCUT2D eigenvalue weighted by Gasteiger charge is 2.42. The third-order valence-corrected chi connectivity index (χ3v) is 4.29. The normalized spacial score (nSPS) is 26.2. The van der Waals surface area contributed by atoms with Crippen LogP contribution in [-0.2, 0) is 6.42 Å². The molecular formula is C15H22N2O2. The molecule has 104 valence electrons. The van der Waals surface area contributed by atoms with Crippen LogP contribution in [0.3, 0.4) is 0 Å². The third kappa shape index (κ3) is 2.42. The molecule has 0 aliphatic carbocycles.